The van der Waals surface area contributed by atoms with E-state index >= 15 is 0 Å². The maximum atomic E-state index is 14.1. The van der Waals surface area contributed by atoms with Crippen molar-refractivity contribution in [3.63, 3.8) is 0 Å². The van der Waals surface area contributed by atoms with Crippen LogP contribution >= 0.6 is 0 Å². The lowest BCUT2D eigenvalue weighted by molar-refractivity contribution is -0.205. The molecule has 0 radical (unpaired) electrons. The zero-order valence-corrected chi connectivity index (χ0v) is 21.3. The van der Waals surface area contributed by atoms with Gasteiger partial charge >= 0.3 is 0 Å². The van der Waals surface area contributed by atoms with Gasteiger partial charge in [-0.3, -0.25) is 9.59 Å². The zero-order chi connectivity index (χ0) is 24.9. The first-order valence-corrected chi connectivity index (χ1v) is 13.5. The third-order valence-electron chi connectivity index (χ3n) is 12.5. The van der Waals surface area contributed by atoms with Crippen molar-refractivity contribution in [3.8, 4) is 0 Å². The molecule has 0 aromatic carbocycles. The molecule has 6 fully saturated rings. The number of aliphatic hydroxyl groups is 2. The molecule has 192 valence electrons. The molecular formula is C28H38O7. The Kier molecular flexibility index (Phi) is 4.26. The molecule has 7 rings (SSSR count). The summed E-state index contributed by atoms with van der Waals surface area (Å²) in [6, 6.07) is 0. The van der Waals surface area contributed by atoms with Crippen molar-refractivity contribution >= 4 is 11.6 Å². The largest absolute Gasteiger partial charge is 0.386 e. The predicted octanol–water partition coefficient (Wildman–Crippen LogP) is 2.56. The van der Waals surface area contributed by atoms with Gasteiger partial charge in [0.15, 0.2) is 12.1 Å². The first-order chi connectivity index (χ1) is 16.3. The van der Waals surface area contributed by atoms with Gasteiger partial charge in [-0.15, -0.1) is 0 Å². The monoisotopic (exact) mass is 486 g/mol. The number of Topliss-reactive ketones (excluding diaryl/α,β-unsaturated/α-hetero) is 1. The van der Waals surface area contributed by atoms with Crippen LogP contribution < -0.4 is 0 Å². The lowest BCUT2D eigenvalue weighted by Gasteiger charge is -2.59. The van der Waals surface area contributed by atoms with Crippen LogP contribution in [0.1, 0.15) is 66.7 Å². The third-order valence-corrected chi connectivity index (χ3v) is 12.5. The van der Waals surface area contributed by atoms with Crippen molar-refractivity contribution in [2.45, 2.75) is 108 Å². The summed E-state index contributed by atoms with van der Waals surface area (Å²) in [5.74, 6) is 0.335. The van der Waals surface area contributed by atoms with Crippen LogP contribution in [0.25, 0.3) is 0 Å². The standard InChI is InChI=1S/C28H38O7/c1-13(17-12-24(2)27(5,35-24)23(31)33-17)14-8-9-15-20-16(11-19(30)25(14,15)3)26(4)18(29)7-6-10-28(26,32)22-21(20)34-22/h6-7,13-17,20-23,31-32H,8-12H2,1-5H3/t13-,14-,15+,16-,17-,20+,21+,22+,23-,24+,25-,26+,27-,28+/m1/s1. The molecule has 35 heavy (non-hydrogen) atoms. The number of fused-ring (bicyclic) bond motifs is 9. The van der Waals surface area contributed by atoms with E-state index in [-0.39, 0.29) is 59.5 Å². The molecule has 0 bridgehead atoms. The van der Waals surface area contributed by atoms with Crippen LogP contribution in [-0.4, -0.2) is 63.2 Å². The van der Waals surface area contributed by atoms with Crippen LogP contribution in [0.4, 0.5) is 0 Å². The van der Waals surface area contributed by atoms with Crippen molar-refractivity contribution in [3.05, 3.63) is 12.2 Å². The van der Waals surface area contributed by atoms with Crippen molar-refractivity contribution in [1.29, 1.82) is 0 Å². The van der Waals surface area contributed by atoms with Crippen LogP contribution in [0, 0.1) is 40.4 Å². The number of rotatable bonds is 2. The minimum atomic E-state index is -1.23. The molecule has 0 unspecified atom stereocenters. The quantitative estimate of drug-likeness (QED) is 0.578. The minimum absolute atomic E-state index is 0.0696. The summed E-state index contributed by atoms with van der Waals surface area (Å²) in [6.45, 7) is 10.1. The van der Waals surface area contributed by atoms with E-state index < -0.39 is 33.9 Å². The highest BCUT2D eigenvalue weighted by atomic mass is 16.7. The normalized spacial score (nSPS) is 62.8. The fraction of sp³-hybridized carbons (Fsp3) is 0.857. The molecule has 3 saturated carbocycles. The average Bonchev–Trinajstić information content (AvgIpc) is 3.66. The van der Waals surface area contributed by atoms with Crippen molar-refractivity contribution in [2.75, 3.05) is 0 Å². The van der Waals surface area contributed by atoms with Gasteiger partial charge in [-0.25, -0.2) is 0 Å². The van der Waals surface area contributed by atoms with Gasteiger partial charge in [0.2, 0.25) is 0 Å². The Balaban J connectivity index is 1.21. The fourth-order valence-corrected chi connectivity index (χ4v) is 9.89. The maximum absolute atomic E-state index is 14.1. The molecule has 0 amide bonds. The van der Waals surface area contributed by atoms with Crippen LogP contribution in [0.15, 0.2) is 12.2 Å². The Morgan fingerprint density at radius 2 is 1.83 bits per heavy atom. The van der Waals surface area contributed by atoms with E-state index in [9.17, 15) is 19.8 Å². The number of ether oxygens (including phenoxy) is 3. The summed E-state index contributed by atoms with van der Waals surface area (Å²) in [7, 11) is 0. The summed E-state index contributed by atoms with van der Waals surface area (Å²) in [5, 5.41) is 22.4. The van der Waals surface area contributed by atoms with Gasteiger partial charge in [0.25, 0.3) is 0 Å². The highest BCUT2D eigenvalue weighted by Crippen LogP contribution is 2.71. The van der Waals surface area contributed by atoms with Gasteiger partial charge in [0.05, 0.1) is 17.6 Å². The maximum Gasteiger partial charge on any atom is 0.186 e. The smallest absolute Gasteiger partial charge is 0.186 e. The molecule has 4 aliphatic carbocycles. The Morgan fingerprint density at radius 1 is 1.09 bits per heavy atom. The summed E-state index contributed by atoms with van der Waals surface area (Å²) in [4.78, 5) is 27.4. The van der Waals surface area contributed by atoms with Gasteiger partial charge in [-0.1, -0.05) is 19.9 Å². The van der Waals surface area contributed by atoms with Crippen LogP contribution in [0.2, 0.25) is 0 Å². The number of hydrogen-bond donors (Lipinski definition) is 2. The Bertz CT molecular complexity index is 1060. The fourth-order valence-electron chi connectivity index (χ4n) is 9.89. The molecule has 7 heteroatoms. The van der Waals surface area contributed by atoms with E-state index in [0.29, 0.717) is 19.3 Å². The van der Waals surface area contributed by atoms with Gasteiger partial charge in [0.1, 0.15) is 28.7 Å². The molecule has 0 aromatic rings. The van der Waals surface area contributed by atoms with Crippen molar-refractivity contribution in [2.24, 2.45) is 40.4 Å². The number of carbonyl (C=O) groups excluding carboxylic acids is 2. The molecule has 0 spiro atoms. The van der Waals surface area contributed by atoms with E-state index in [1.165, 1.54) is 0 Å². The average molecular weight is 487 g/mol. The van der Waals surface area contributed by atoms with Gasteiger partial charge in [0, 0.05) is 18.3 Å². The highest BCUT2D eigenvalue weighted by Gasteiger charge is 2.79. The van der Waals surface area contributed by atoms with E-state index in [4.69, 9.17) is 14.2 Å². The molecular weight excluding hydrogens is 448 g/mol. The predicted molar refractivity (Wildman–Crippen MR) is 124 cm³/mol. The van der Waals surface area contributed by atoms with Crippen LogP contribution in [-0.2, 0) is 23.8 Å². The van der Waals surface area contributed by atoms with E-state index in [1.807, 2.05) is 20.8 Å². The molecule has 0 aromatic heterocycles. The first-order valence-electron chi connectivity index (χ1n) is 13.5. The van der Waals surface area contributed by atoms with E-state index in [0.717, 1.165) is 12.8 Å². The summed E-state index contributed by atoms with van der Waals surface area (Å²) < 4.78 is 18.2. The van der Waals surface area contributed by atoms with Crippen molar-refractivity contribution < 1.29 is 34.0 Å². The minimum Gasteiger partial charge on any atom is -0.386 e. The van der Waals surface area contributed by atoms with E-state index in [2.05, 4.69) is 13.8 Å². The number of ketones is 2. The zero-order valence-electron chi connectivity index (χ0n) is 21.3. The van der Waals surface area contributed by atoms with Crippen molar-refractivity contribution in [1.82, 2.24) is 0 Å². The first kappa shape index (κ1) is 23.0. The SMILES string of the molecule is C[C@H]([C@H]1CC[C@H]2[C@@H]3[C@@H]4O[C@@H]4[C@@]4(O)CC=CC(=O)[C@]4(C)[C@@H]3CC(=O)[C@]12C)[C@H]1C[C@]2(C)O[C@]2(C)[C@H](O)O1. The number of carbonyl (C=O) groups is 2. The molecule has 7 aliphatic rings. The second kappa shape index (κ2) is 6.47. The number of hydrogen-bond acceptors (Lipinski definition) is 7. The molecule has 2 N–H and O–H groups in total. The number of allylic oxidation sites excluding steroid dienone is 1. The van der Waals surface area contributed by atoms with Gasteiger partial charge in [-0.05, 0) is 75.7 Å². The second-order valence-corrected chi connectivity index (χ2v) is 13.5. The van der Waals surface area contributed by atoms with Gasteiger partial charge in [-0.2, -0.15) is 0 Å². The third kappa shape index (κ3) is 2.42. The second-order valence-electron chi connectivity index (χ2n) is 13.5. The lowest BCUT2D eigenvalue weighted by Crippen LogP contribution is -2.68. The van der Waals surface area contributed by atoms with E-state index in [1.54, 1.807) is 12.2 Å². The van der Waals surface area contributed by atoms with Gasteiger partial charge < -0.3 is 24.4 Å². The summed E-state index contributed by atoms with van der Waals surface area (Å²) >= 11 is 0. The lowest BCUT2D eigenvalue weighted by atomic mass is 9.43. The molecule has 3 aliphatic heterocycles. The topological polar surface area (TPSA) is 109 Å². The van der Waals surface area contributed by atoms with Crippen LogP contribution in [0.5, 0.6) is 0 Å². The molecule has 7 nitrogen and oxygen atoms in total. The molecule has 3 heterocycles. The molecule has 3 saturated heterocycles. The highest BCUT2D eigenvalue weighted by molar-refractivity contribution is 5.98. The number of epoxide rings is 2. The summed E-state index contributed by atoms with van der Waals surface area (Å²) in [6.07, 6.45) is 5.03. The Labute approximate surface area is 206 Å². The Morgan fingerprint density at radius 3 is 2.54 bits per heavy atom. The number of aliphatic hydroxyl groups excluding tert-OH is 1. The van der Waals surface area contributed by atoms with Crippen LogP contribution in [0.3, 0.4) is 0 Å². The Hall–Kier alpha value is -1.12. The molecule has 14 atom stereocenters. The summed E-state index contributed by atoms with van der Waals surface area (Å²) in [5.41, 5.74) is -3.80.